The molecule has 1 aliphatic rings. The molecule has 0 saturated carbocycles. The van der Waals surface area contributed by atoms with Gasteiger partial charge in [-0.1, -0.05) is 22.9 Å². The number of carbonyl (C=O) groups is 2. The number of rotatable bonds is 1. The Hall–Kier alpha value is -1.30. The molecule has 1 aromatic carbocycles. The molecule has 2 amide bonds. The Morgan fingerprint density at radius 3 is 2.39 bits per heavy atom. The standard InChI is InChI=1S/C12H10BrF2NO2/c1-6-2-10(17)16(5-6)12(18)11-8(14)3-7(13)4-9(11)15/h3-4,6H,2,5H2,1H3. The van der Waals surface area contributed by atoms with Crippen molar-refractivity contribution in [2.24, 2.45) is 5.92 Å². The maximum Gasteiger partial charge on any atom is 0.266 e. The third-order valence-electron chi connectivity index (χ3n) is 2.78. The summed E-state index contributed by atoms with van der Waals surface area (Å²) in [7, 11) is 0. The van der Waals surface area contributed by atoms with Gasteiger partial charge in [-0.25, -0.2) is 8.78 Å². The lowest BCUT2D eigenvalue weighted by Gasteiger charge is -2.15. The molecule has 3 nitrogen and oxygen atoms in total. The van der Waals surface area contributed by atoms with Crippen molar-refractivity contribution in [2.45, 2.75) is 13.3 Å². The molecule has 1 aromatic rings. The van der Waals surface area contributed by atoms with E-state index in [2.05, 4.69) is 15.9 Å². The molecule has 1 saturated heterocycles. The first-order chi connectivity index (χ1) is 8.40. The fourth-order valence-electron chi connectivity index (χ4n) is 1.96. The molecule has 0 spiro atoms. The summed E-state index contributed by atoms with van der Waals surface area (Å²) >= 11 is 2.93. The van der Waals surface area contributed by atoms with Crippen LogP contribution >= 0.6 is 15.9 Å². The van der Waals surface area contributed by atoms with E-state index in [-0.39, 0.29) is 23.4 Å². The van der Waals surface area contributed by atoms with Crippen molar-refractivity contribution >= 4 is 27.7 Å². The Labute approximate surface area is 111 Å². The second-order valence-corrected chi connectivity index (χ2v) is 5.28. The van der Waals surface area contributed by atoms with Gasteiger partial charge in [0.05, 0.1) is 0 Å². The van der Waals surface area contributed by atoms with E-state index in [1.807, 2.05) is 0 Å². The fraction of sp³-hybridized carbons (Fsp3) is 0.333. The minimum atomic E-state index is -0.973. The Bertz CT molecular complexity index is 510. The van der Waals surface area contributed by atoms with Gasteiger partial charge in [0.2, 0.25) is 5.91 Å². The SMILES string of the molecule is CC1CC(=O)N(C(=O)c2c(F)cc(Br)cc2F)C1. The average Bonchev–Trinajstić information content (AvgIpc) is 2.56. The molecule has 0 aromatic heterocycles. The molecule has 1 heterocycles. The van der Waals surface area contributed by atoms with Crippen LogP contribution < -0.4 is 0 Å². The van der Waals surface area contributed by atoms with Crippen LogP contribution in [0.25, 0.3) is 0 Å². The molecule has 1 atom stereocenters. The molecule has 1 unspecified atom stereocenters. The highest BCUT2D eigenvalue weighted by molar-refractivity contribution is 9.10. The van der Waals surface area contributed by atoms with E-state index in [1.54, 1.807) is 6.92 Å². The number of benzene rings is 1. The highest BCUT2D eigenvalue weighted by Crippen LogP contribution is 2.24. The van der Waals surface area contributed by atoms with Crippen LogP contribution in [0.4, 0.5) is 8.78 Å². The van der Waals surface area contributed by atoms with Crippen LogP contribution in [-0.2, 0) is 4.79 Å². The van der Waals surface area contributed by atoms with Gasteiger partial charge in [-0.2, -0.15) is 0 Å². The van der Waals surface area contributed by atoms with Gasteiger partial charge in [-0.3, -0.25) is 14.5 Å². The maximum atomic E-state index is 13.6. The zero-order valence-corrected chi connectivity index (χ0v) is 11.1. The first-order valence-electron chi connectivity index (χ1n) is 5.39. The van der Waals surface area contributed by atoms with Gasteiger partial charge in [-0.05, 0) is 18.1 Å². The molecule has 1 aliphatic heterocycles. The summed E-state index contributed by atoms with van der Waals surface area (Å²) < 4.78 is 27.4. The monoisotopic (exact) mass is 317 g/mol. The van der Waals surface area contributed by atoms with Crippen LogP contribution in [-0.4, -0.2) is 23.3 Å². The van der Waals surface area contributed by atoms with Crippen molar-refractivity contribution in [1.82, 2.24) is 4.90 Å². The van der Waals surface area contributed by atoms with Gasteiger partial charge < -0.3 is 0 Å². The molecule has 6 heteroatoms. The molecule has 96 valence electrons. The Morgan fingerprint density at radius 2 is 1.94 bits per heavy atom. The third-order valence-corrected chi connectivity index (χ3v) is 3.24. The molecule has 0 N–H and O–H groups in total. The lowest BCUT2D eigenvalue weighted by atomic mass is 10.1. The highest BCUT2D eigenvalue weighted by Gasteiger charge is 2.34. The predicted molar refractivity (Wildman–Crippen MR) is 63.9 cm³/mol. The minimum Gasteiger partial charge on any atom is -0.278 e. The Balaban J connectivity index is 2.38. The molecule has 2 rings (SSSR count). The molecule has 18 heavy (non-hydrogen) atoms. The van der Waals surface area contributed by atoms with E-state index < -0.39 is 29.0 Å². The van der Waals surface area contributed by atoms with Gasteiger partial charge in [0.25, 0.3) is 5.91 Å². The molecular formula is C12H10BrF2NO2. The average molecular weight is 318 g/mol. The van der Waals surface area contributed by atoms with Gasteiger partial charge in [0.15, 0.2) is 0 Å². The molecule has 0 bridgehead atoms. The van der Waals surface area contributed by atoms with Crippen LogP contribution in [0.3, 0.4) is 0 Å². The van der Waals surface area contributed by atoms with Crippen molar-refractivity contribution in [3.05, 3.63) is 33.8 Å². The smallest absolute Gasteiger partial charge is 0.266 e. The van der Waals surface area contributed by atoms with Crippen LogP contribution in [0, 0.1) is 17.6 Å². The topological polar surface area (TPSA) is 37.4 Å². The summed E-state index contributed by atoms with van der Waals surface area (Å²) in [5.74, 6) is -3.23. The largest absolute Gasteiger partial charge is 0.278 e. The van der Waals surface area contributed by atoms with E-state index in [0.29, 0.717) is 0 Å². The van der Waals surface area contributed by atoms with E-state index in [0.717, 1.165) is 17.0 Å². The van der Waals surface area contributed by atoms with Crippen LogP contribution in [0.15, 0.2) is 16.6 Å². The Morgan fingerprint density at radius 1 is 1.39 bits per heavy atom. The van der Waals surface area contributed by atoms with E-state index in [9.17, 15) is 18.4 Å². The second-order valence-electron chi connectivity index (χ2n) is 4.36. The number of likely N-dealkylation sites (tertiary alicyclic amines) is 1. The van der Waals surface area contributed by atoms with Gasteiger partial charge >= 0.3 is 0 Å². The van der Waals surface area contributed by atoms with Gasteiger partial charge in [-0.15, -0.1) is 0 Å². The number of carbonyl (C=O) groups excluding carboxylic acids is 2. The van der Waals surface area contributed by atoms with Gasteiger partial charge in [0, 0.05) is 17.4 Å². The summed E-state index contributed by atoms with van der Waals surface area (Å²) in [6.07, 6.45) is 0.228. The van der Waals surface area contributed by atoms with Crippen molar-refractivity contribution in [2.75, 3.05) is 6.54 Å². The first-order valence-corrected chi connectivity index (χ1v) is 6.18. The Kier molecular flexibility index (Phi) is 3.47. The zero-order valence-electron chi connectivity index (χ0n) is 9.54. The van der Waals surface area contributed by atoms with E-state index in [1.165, 1.54) is 0 Å². The van der Waals surface area contributed by atoms with Gasteiger partial charge in [0.1, 0.15) is 17.2 Å². The third kappa shape index (κ3) is 2.29. The van der Waals surface area contributed by atoms with Crippen molar-refractivity contribution < 1.29 is 18.4 Å². The molecule has 0 aliphatic carbocycles. The summed E-state index contributed by atoms with van der Waals surface area (Å²) in [5.41, 5.74) is -0.680. The summed E-state index contributed by atoms with van der Waals surface area (Å²) in [6.45, 7) is 2.01. The summed E-state index contributed by atoms with van der Waals surface area (Å²) in [6, 6.07) is 2.00. The van der Waals surface area contributed by atoms with E-state index in [4.69, 9.17) is 0 Å². The zero-order chi connectivity index (χ0) is 13.4. The number of hydrogen-bond donors (Lipinski definition) is 0. The van der Waals surface area contributed by atoms with Crippen molar-refractivity contribution in [3.8, 4) is 0 Å². The quantitative estimate of drug-likeness (QED) is 0.747. The van der Waals surface area contributed by atoms with Crippen molar-refractivity contribution in [3.63, 3.8) is 0 Å². The lowest BCUT2D eigenvalue weighted by molar-refractivity contribution is -0.125. The van der Waals surface area contributed by atoms with Crippen molar-refractivity contribution in [1.29, 1.82) is 0 Å². The number of hydrogen-bond acceptors (Lipinski definition) is 2. The minimum absolute atomic E-state index is 0.0167. The molecule has 1 fully saturated rings. The highest BCUT2D eigenvalue weighted by atomic mass is 79.9. The predicted octanol–water partition coefficient (Wildman–Crippen LogP) is 2.74. The second kappa shape index (κ2) is 4.76. The number of imide groups is 1. The fourth-order valence-corrected chi connectivity index (χ4v) is 2.37. The first kappa shape index (κ1) is 13.1. The van der Waals surface area contributed by atoms with Crippen LogP contribution in [0.1, 0.15) is 23.7 Å². The maximum absolute atomic E-state index is 13.6. The lowest BCUT2D eigenvalue weighted by Crippen LogP contribution is -2.33. The van der Waals surface area contributed by atoms with Crippen LogP contribution in [0.5, 0.6) is 0 Å². The number of nitrogens with zero attached hydrogens (tertiary/aromatic N) is 1. The van der Waals surface area contributed by atoms with Crippen LogP contribution in [0.2, 0.25) is 0 Å². The summed E-state index contributed by atoms with van der Waals surface area (Å²) in [5, 5.41) is 0. The van der Waals surface area contributed by atoms with E-state index >= 15 is 0 Å². The summed E-state index contributed by atoms with van der Waals surface area (Å²) in [4.78, 5) is 24.4. The normalized spacial score (nSPS) is 19.4. The molecule has 0 radical (unpaired) electrons. The molecular weight excluding hydrogens is 308 g/mol. The number of halogens is 3. The number of amides is 2.